The molecule has 0 aromatic heterocycles. The van der Waals surface area contributed by atoms with E-state index in [9.17, 15) is 14.4 Å². The van der Waals surface area contributed by atoms with Crippen molar-refractivity contribution in [2.24, 2.45) is 0 Å². The fourth-order valence-corrected chi connectivity index (χ4v) is 2.67. The van der Waals surface area contributed by atoms with Crippen molar-refractivity contribution in [2.45, 2.75) is 0 Å². The van der Waals surface area contributed by atoms with Crippen LogP contribution < -0.4 is 0 Å². The summed E-state index contributed by atoms with van der Waals surface area (Å²) < 4.78 is 11.6. The molecule has 2 aromatic rings. The van der Waals surface area contributed by atoms with Crippen molar-refractivity contribution >= 4 is 7.60 Å². The molecule has 0 atom stereocenters. The van der Waals surface area contributed by atoms with Crippen molar-refractivity contribution in [2.75, 3.05) is 0 Å². The Balaban J connectivity index is 2.52. The molecule has 0 saturated heterocycles. The molecule has 0 unspecified atom stereocenters. The van der Waals surface area contributed by atoms with Gasteiger partial charge in [0, 0.05) is 0 Å². The zero-order valence-electron chi connectivity index (χ0n) is 9.02. The Morgan fingerprint density at radius 3 is 1.41 bits per heavy atom. The summed E-state index contributed by atoms with van der Waals surface area (Å²) in [5.74, 6) is 0. The van der Waals surface area contributed by atoms with Gasteiger partial charge in [-0.25, -0.2) is 0 Å². The molecule has 0 aliphatic rings. The van der Waals surface area contributed by atoms with Gasteiger partial charge in [0.2, 0.25) is 0 Å². The van der Waals surface area contributed by atoms with Crippen LogP contribution in [0.15, 0.2) is 60.7 Å². The van der Waals surface area contributed by atoms with Gasteiger partial charge in [0.05, 0.1) is 0 Å². The SMILES string of the molecule is O=P(O)(O)[C](c1ccccc1)c1ccccc1. The Labute approximate surface area is 99.9 Å². The molecule has 87 valence electrons. The second-order valence-electron chi connectivity index (χ2n) is 3.62. The van der Waals surface area contributed by atoms with Gasteiger partial charge in [0.25, 0.3) is 0 Å². The lowest BCUT2D eigenvalue weighted by Crippen LogP contribution is -2.02. The first-order chi connectivity index (χ1) is 8.09. The van der Waals surface area contributed by atoms with E-state index in [1.54, 1.807) is 48.5 Å². The Kier molecular flexibility index (Phi) is 3.43. The second kappa shape index (κ2) is 4.84. The normalized spacial score (nSPS) is 11.7. The van der Waals surface area contributed by atoms with Crippen molar-refractivity contribution in [1.29, 1.82) is 0 Å². The molecule has 0 aliphatic heterocycles. The lowest BCUT2D eigenvalue weighted by Gasteiger charge is -2.18. The van der Waals surface area contributed by atoms with Crippen LogP contribution in [-0.4, -0.2) is 9.79 Å². The first-order valence-electron chi connectivity index (χ1n) is 5.13. The predicted octanol–water partition coefficient (Wildman–Crippen LogP) is 2.79. The van der Waals surface area contributed by atoms with Crippen molar-refractivity contribution in [3.8, 4) is 0 Å². The van der Waals surface area contributed by atoms with Gasteiger partial charge in [-0.2, -0.15) is 0 Å². The summed E-state index contributed by atoms with van der Waals surface area (Å²) in [7, 11) is -4.30. The van der Waals surface area contributed by atoms with Crippen LogP contribution in [0.4, 0.5) is 0 Å². The number of hydrogen-bond acceptors (Lipinski definition) is 1. The van der Waals surface area contributed by atoms with E-state index in [1.165, 1.54) is 0 Å². The summed E-state index contributed by atoms with van der Waals surface area (Å²) in [6.07, 6.45) is 0. The Bertz CT molecular complexity index is 479. The van der Waals surface area contributed by atoms with Crippen molar-refractivity contribution in [1.82, 2.24) is 0 Å². The van der Waals surface area contributed by atoms with Crippen LogP contribution in [0.1, 0.15) is 11.1 Å². The van der Waals surface area contributed by atoms with Crippen molar-refractivity contribution in [3.05, 3.63) is 77.4 Å². The number of hydrogen-bond donors (Lipinski definition) is 2. The van der Waals surface area contributed by atoms with E-state index < -0.39 is 7.60 Å². The molecule has 4 heteroatoms. The van der Waals surface area contributed by atoms with Crippen LogP contribution in [0.2, 0.25) is 0 Å². The maximum atomic E-state index is 11.6. The molecule has 0 fully saturated rings. The molecule has 0 heterocycles. The molecule has 1 radical (unpaired) electrons. The summed E-state index contributed by atoms with van der Waals surface area (Å²) in [4.78, 5) is 18.9. The maximum Gasteiger partial charge on any atom is 0.342 e. The fourth-order valence-electron chi connectivity index (χ4n) is 1.70. The predicted molar refractivity (Wildman–Crippen MR) is 66.4 cm³/mol. The highest BCUT2D eigenvalue weighted by Crippen LogP contribution is 2.54. The third kappa shape index (κ3) is 2.83. The van der Waals surface area contributed by atoms with Crippen LogP contribution in [0.25, 0.3) is 0 Å². The first-order valence-corrected chi connectivity index (χ1v) is 6.74. The van der Waals surface area contributed by atoms with Gasteiger partial charge in [-0.3, -0.25) is 4.57 Å². The van der Waals surface area contributed by atoms with E-state index in [0.717, 1.165) is 0 Å². The van der Waals surface area contributed by atoms with Crippen LogP contribution in [-0.2, 0) is 4.57 Å². The minimum Gasteiger partial charge on any atom is -0.324 e. The van der Waals surface area contributed by atoms with Gasteiger partial charge < -0.3 is 9.79 Å². The van der Waals surface area contributed by atoms with Gasteiger partial charge >= 0.3 is 7.60 Å². The Hall–Kier alpha value is -1.41. The van der Waals surface area contributed by atoms with Crippen LogP contribution >= 0.6 is 7.60 Å². The third-order valence-electron chi connectivity index (χ3n) is 2.39. The molecule has 0 aliphatic carbocycles. The molecular weight excluding hydrogens is 235 g/mol. The van der Waals surface area contributed by atoms with Gasteiger partial charge in [-0.1, -0.05) is 60.7 Å². The molecule has 0 saturated carbocycles. The summed E-state index contributed by atoms with van der Waals surface area (Å²) in [6, 6.07) is 17.4. The lowest BCUT2D eigenvalue weighted by atomic mass is 10.0. The summed E-state index contributed by atoms with van der Waals surface area (Å²) >= 11 is 0. The molecule has 0 bridgehead atoms. The van der Waals surface area contributed by atoms with Crippen molar-refractivity contribution in [3.63, 3.8) is 0 Å². The zero-order valence-corrected chi connectivity index (χ0v) is 9.92. The summed E-state index contributed by atoms with van der Waals surface area (Å²) in [5.41, 5.74) is 1.16. The molecule has 2 N–H and O–H groups in total. The fraction of sp³-hybridized carbons (Fsp3) is 0. The zero-order chi connectivity index (χ0) is 12.3. The minimum atomic E-state index is -4.30. The molecule has 17 heavy (non-hydrogen) atoms. The molecule has 3 nitrogen and oxygen atoms in total. The van der Waals surface area contributed by atoms with E-state index in [1.807, 2.05) is 12.1 Å². The number of rotatable bonds is 3. The van der Waals surface area contributed by atoms with E-state index in [4.69, 9.17) is 0 Å². The minimum absolute atomic E-state index is 0.0682. The van der Waals surface area contributed by atoms with Crippen LogP contribution in [0.3, 0.4) is 0 Å². The van der Waals surface area contributed by atoms with E-state index >= 15 is 0 Å². The maximum absolute atomic E-state index is 11.6. The van der Waals surface area contributed by atoms with E-state index in [-0.39, 0.29) is 5.66 Å². The molecule has 2 rings (SSSR count). The third-order valence-corrected chi connectivity index (χ3v) is 3.48. The number of benzene rings is 2. The van der Waals surface area contributed by atoms with E-state index in [2.05, 4.69) is 0 Å². The average molecular weight is 247 g/mol. The standard InChI is InChI=1S/C13H12O3P/c14-17(15,16)13(11-7-3-1-4-8-11)12-9-5-2-6-10-12/h1-10H,(H2,14,15,16). The van der Waals surface area contributed by atoms with E-state index in [0.29, 0.717) is 11.1 Å². The quantitative estimate of drug-likeness (QED) is 0.820. The Morgan fingerprint density at radius 1 is 0.765 bits per heavy atom. The molecule has 0 spiro atoms. The van der Waals surface area contributed by atoms with Crippen LogP contribution in [0, 0.1) is 5.66 Å². The monoisotopic (exact) mass is 247 g/mol. The largest absolute Gasteiger partial charge is 0.342 e. The molecular formula is C13H12O3P. The highest BCUT2D eigenvalue weighted by Gasteiger charge is 2.32. The summed E-state index contributed by atoms with van der Waals surface area (Å²) in [6.45, 7) is 0. The Morgan fingerprint density at radius 2 is 1.12 bits per heavy atom. The van der Waals surface area contributed by atoms with Gasteiger partial charge in [0.15, 0.2) is 0 Å². The lowest BCUT2D eigenvalue weighted by molar-refractivity contribution is 0.378. The van der Waals surface area contributed by atoms with Crippen molar-refractivity contribution < 1.29 is 14.4 Å². The smallest absolute Gasteiger partial charge is 0.324 e. The van der Waals surface area contributed by atoms with Crippen LogP contribution in [0.5, 0.6) is 0 Å². The second-order valence-corrected chi connectivity index (χ2v) is 5.16. The van der Waals surface area contributed by atoms with Gasteiger partial charge in [-0.05, 0) is 11.1 Å². The van der Waals surface area contributed by atoms with Gasteiger partial charge in [0.1, 0.15) is 5.66 Å². The highest BCUT2D eigenvalue weighted by atomic mass is 31.2. The average Bonchev–Trinajstić information content (AvgIpc) is 2.30. The molecule has 0 amide bonds. The topological polar surface area (TPSA) is 57.5 Å². The first kappa shape index (κ1) is 12.1. The van der Waals surface area contributed by atoms with Gasteiger partial charge in [-0.15, -0.1) is 0 Å². The molecule has 2 aromatic carbocycles. The summed E-state index contributed by atoms with van der Waals surface area (Å²) in [5, 5.41) is 0. The highest BCUT2D eigenvalue weighted by molar-refractivity contribution is 7.56.